The van der Waals surface area contributed by atoms with Gasteiger partial charge in [-0.1, -0.05) is 60.7 Å². The Hall–Kier alpha value is -4.65. The minimum atomic E-state index is -0.980. The highest BCUT2D eigenvalue weighted by Gasteiger charge is 2.59. The summed E-state index contributed by atoms with van der Waals surface area (Å²) in [5, 5.41) is 16.4. The maximum Gasteiger partial charge on any atom is 0.292 e. The van der Waals surface area contributed by atoms with Crippen molar-refractivity contribution in [3.05, 3.63) is 112 Å². The van der Waals surface area contributed by atoms with E-state index in [1.807, 2.05) is 53.4 Å². The molecule has 0 fully saturated rings. The highest BCUT2D eigenvalue weighted by atomic mass is 16.6. The van der Waals surface area contributed by atoms with Crippen molar-refractivity contribution < 1.29 is 14.5 Å². The van der Waals surface area contributed by atoms with Crippen LogP contribution in [0.25, 0.3) is 16.8 Å². The summed E-state index contributed by atoms with van der Waals surface area (Å²) in [4.78, 5) is 26.3. The second-order valence-corrected chi connectivity index (χ2v) is 9.88. The van der Waals surface area contributed by atoms with Crippen LogP contribution in [0.1, 0.15) is 25.0 Å². The number of rotatable bonds is 4. The summed E-state index contributed by atoms with van der Waals surface area (Å²) in [5.41, 5.74) is 1.47. The molecule has 4 aromatic rings. The Morgan fingerprint density at radius 1 is 0.973 bits per heavy atom. The number of ether oxygens (including phenoxy) is 1. The topological polar surface area (TPSA) is 84.7 Å². The Labute approximate surface area is 214 Å². The Balaban J connectivity index is 1.42. The zero-order valence-electron chi connectivity index (χ0n) is 20.5. The van der Waals surface area contributed by atoms with Gasteiger partial charge in [0, 0.05) is 17.3 Å². The molecule has 2 heterocycles. The van der Waals surface area contributed by atoms with E-state index in [2.05, 4.69) is 43.4 Å². The number of nitrogens with one attached hydrogen (secondary N) is 1. The van der Waals surface area contributed by atoms with Gasteiger partial charge in [0.15, 0.2) is 0 Å². The van der Waals surface area contributed by atoms with E-state index in [4.69, 9.17) is 4.74 Å². The number of carbonyl (C=O) groups is 1. The van der Waals surface area contributed by atoms with E-state index in [1.54, 1.807) is 12.1 Å². The largest absolute Gasteiger partial charge is 0.463 e. The van der Waals surface area contributed by atoms with Crippen molar-refractivity contribution in [2.75, 3.05) is 16.8 Å². The molecule has 0 unspecified atom stereocenters. The molecule has 1 atom stereocenters. The molecule has 1 amide bonds. The van der Waals surface area contributed by atoms with Gasteiger partial charge < -0.3 is 15.0 Å². The molecule has 6 rings (SSSR count). The third-order valence-electron chi connectivity index (χ3n) is 7.51. The van der Waals surface area contributed by atoms with E-state index in [-0.39, 0.29) is 23.8 Å². The predicted octanol–water partition coefficient (Wildman–Crippen LogP) is 6.29. The van der Waals surface area contributed by atoms with Crippen molar-refractivity contribution in [3.63, 3.8) is 0 Å². The first-order valence-corrected chi connectivity index (χ1v) is 12.1. The average Bonchev–Trinajstić information content (AvgIpc) is 3.07. The highest BCUT2D eigenvalue weighted by Crippen LogP contribution is 2.55. The van der Waals surface area contributed by atoms with E-state index in [0.717, 1.165) is 33.3 Å². The molecule has 4 aromatic carbocycles. The van der Waals surface area contributed by atoms with Crippen molar-refractivity contribution in [3.8, 4) is 5.75 Å². The fourth-order valence-electron chi connectivity index (χ4n) is 5.64. The maximum atomic E-state index is 13.4. The van der Waals surface area contributed by atoms with Crippen LogP contribution in [0.5, 0.6) is 5.75 Å². The summed E-state index contributed by atoms with van der Waals surface area (Å²) in [6.07, 6.45) is 4.13. The third kappa shape index (κ3) is 3.38. The van der Waals surface area contributed by atoms with Gasteiger partial charge in [-0.05, 0) is 60.5 Å². The number of benzene rings is 4. The van der Waals surface area contributed by atoms with Gasteiger partial charge in [0.05, 0.1) is 10.3 Å². The van der Waals surface area contributed by atoms with Crippen LogP contribution in [-0.4, -0.2) is 23.1 Å². The molecular weight excluding hydrogens is 466 g/mol. The lowest BCUT2D eigenvalue weighted by molar-refractivity contribution is -0.383. The van der Waals surface area contributed by atoms with Crippen LogP contribution in [0.2, 0.25) is 0 Å². The van der Waals surface area contributed by atoms with Gasteiger partial charge in [-0.25, -0.2) is 0 Å². The number of fused-ring (bicyclic) bond motifs is 4. The van der Waals surface area contributed by atoms with Crippen molar-refractivity contribution in [1.82, 2.24) is 0 Å². The van der Waals surface area contributed by atoms with Crippen LogP contribution in [0.15, 0.2) is 91.0 Å². The number of nitro benzene ring substituents is 1. The number of nitrogens with zero attached hydrogens (tertiary/aromatic N) is 2. The first-order chi connectivity index (χ1) is 17.8. The van der Waals surface area contributed by atoms with Crippen LogP contribution < -0.4 is 15.0 Å². The van der Waals surface area contributed by atoms with E-state index in [1.165, 1.54) is 12.1 Å². The number of anilines is 2. The molecule has 184 valence electrons. The van der Waals surface area contributed by atoms with Crippen LogP contribution in [0.4, 0.5) is 17.1 Å². The van der Waals surface area contributed by atoms with Crippen molar-refractivity contribution in [1.29, 1.82) is 0 Å². The average molecular weight is 492 g/mol. The Morgan fingerprint density at radius 2 is 1.70 bits per heavy atom. The molecule has 0 aliphatic carbocycles. The number of hydrogen-bond acceptors (Lipinski definition) is 5. The number of nitro groups is 1. The Morgan fingerprint density at radius 3 is 2.54 bits per heavy atom. The Kier molecular flexibility index (Phi) is 5.05. The lowest BCUT2D eigenvalue weighted by Gasteiger charge is -2.47. The summed E-state index contributed by atoms with van der Waals surface area (Å²) < 4.78 is 6.86. The highest BCUT2D eigenvalue weighted by molar-refractivity contribution is 5.98. The SMILES string of the molecule is CC1(C)c2ccccc2N(CC(=O)Nc2ccccc2[N+](=O)[O-])[C@]12C=Cc1c(ccc3ccccc13)O2. The first-order valence-electron chi connectivity index (χ1n) is 12.1. The smallest absolute Gasteiger partial charge is 0.292 e. The zero-order chi connectivity index (χ0) is 25.8. The van der Waals surface area contributed by atoms with Crippen LogP contribution in [-0.2, 0) is 10.2 Å². The van der Waals surface area contributed by atoms with Crippen LogP contribution >= 0.6 is 0 Å². The van der Waals surface area contributed by atoms with Gasteiger partial charge in [0.25, 0.3) is 5.69 Å². The lowest BCUT2D eigenvalue weighted by Crippen LogP contribution is -2.61. The van der Waals surface area contributed by atoms with Crippen LogP contribution in [0, 0.1) is 10.1 Å². The number of hydrogen-bond donors (Lipinski definition) is 1. The molecule has 1 spiro atoms. The molecule has 37 heavy (non-hydrogen) atoms. The van der Waals surface area contributed by atoms with Gasteiger partial charge in [-0.2, -0.15) is 0 Å². The molecule has 1 N–H and O–H groups in total. The van der Waals surface area contributed by atoms with Gasteiger partial charge >= 0.3 is 0 Å². The van der Waals surface area contributed by atoms with Gasteiger partial charge in [-0.3, -0.25) is 14.9 Å². The van der Waals surface area contributed by atoms with Crippen molar-refractivity contribution in [2.24, 2.45) is 0 Å². The summed E-state index contributed by atoms with van der Waals surface area (Å²) in [6.45, 7) is 4.17. The normalized spacial score (nSPS) is 18.8. The lowest BCUT2D eigenvalue weighted by atomic mass is 9.76. The number of para-hydroxylation sites is 3. The molecular formula is C30H25N3O4. The quantitative estimate of drug-likeness (QED) is 0.268. The van der Waals surface area contributed by atoms with E-state index >= 15 is 0 Å². The monoisotopic (exact) mass is 491 g/mol. The third-order valence-corrected chi connectivity index (χ3v) is 7.51. The minimum absolute atomic E-state index is 0.0558. The van der Waals surface area contributed by atoms with Crippen molar-refractivity contribution in [2.45, 2.75) is 25.0 Å². The summed E-state index contributed by atoms with van der Waals surface area (Å²) in [7, 11) is 0. The maximum absolute atomic E-state index is 13.4. The summed E-state index contributed by atoms with van der Waals surface area (Å²) >= 11 is 0. The second kappa shape index (κ2) is 8.20. The fourth-order valence-corrected chi connectivity index (χ4v) is 5.64. The molecule has 0 radical (unpaired) electrons. The first kappa shape index (κ1) is 22.8. The van der Waals surface area contributed by atoms with Gasteiger partial charge in [0.1, 0.15) is 18.0 Å². The molecule has 0 bridgehead atoms. The summed E-state index contributed by atoms with van der Waals surface area (Å²) in [5.74, 6) is 0.369. The molecule has 0 saturated carbocycles. The molecule has 7 heteroatoms. The van der Waals surface area contributed by atoms with Crippen LogP contribution in [0.3, 0.4) is 0 Å². The van der Waals surface area contributed by atoms with E-state index in [0.29, 0.717) is 0 Å². The Bertz CT molecular complexity index is 1610. The molecule has 2 aliphatic heterocycles. The zero-order valence-corrected chi connectivity index (χ0v) is 20.5. The molecule has 7 nitrogen and oxygen atoms in total. The van der Waals surface area contributed by atoms with Gasteiger partial charge in [-0.15, -0.1) is 0 Å². The second-order valence-electron chi connectivity index (χ2n) is 9.88. The minimum Gasteiger partial charge on any atom is -0.463 e. The molecule has 2 aliphatic rings. The number of amides is 1. The number of carbonyl (C=O) groups excluding carboxylic acids is 1. The summed E-state index contributed by atoms with van der Waals surface area (Å²) in [6, 6.07) is 26.3. The van der Waals surface area contributed by atoms with E-state index < -0.39 is 16.1 Å². The fraction of sp³-hybridized carbons (Fsp3) is 0.167. The van der Waals surface area contributed by atoms with E-state index in [9.17, 15) is 14.9 Å². The van der Waals surface area contributed by atoms with Gasteiger partial charge in [0.2, 0.25) is 11.6 Å². The predicted molar refractivity (Wildman–Crippen MR) is 145 cm³/mol. The molecule has 0 saturated heterocycles. The van der Waals surface area contributed by atoms with Crippen molar-refractivity contribution >= 4 is 39.8 Å². The molecule has 0 aromatic heterocycles. The standard InChI is InChI=1S/C30H25N3O4/c1-29(2)23-11-5-7-13-25(23)32(19-28(34)31-24-12-6-8-14-26(24)33(35)36)30(29)18-17-22-21-10-4-3-9-20(21)15-16-27(22)37-30/h3-18H,19H2,1-2H3,(H,31,34)/t30-/m0/s1.